The largest absolute Gasteiger partial charge is 0.349 e. The summed E-state index contributed by atoms with van der Waals surface area (Å²) in [5.74, 6) is -1.85. The van der Waals surface area contributed by atoms with Crippen LogP contribution in [0, 0.1) is 11.6 Å². The fourth-order valence-corrected chi connectivity index (χ4v) is 3.01. The van der Waals surface area contributed by atoms with Crippen LogP contribution in [0.4, 0.5) is 19.3 Å². The Hall–Kier alpha value is -2.55. The molecule has 2 rings (SSSR count). The van der Waals surface area contributed by atoms with Gasteiger partial charge in [0.15, 0.2) is 0 Å². The number of carbonyl (C=O) groups is 2. The van der Waals surface area contributed by atoms with Gasteiger partial charge in [0.1, 0.15) is 22.3 Å². The van der Waals surface area contributed by atoms with E-state index in [9.17, 15) is 18.4 Å². The molecule has 146 valence electrons. The summed E-state index contributed by atoms with van der Waals surface area (Å²) >= 11 is 1.26. The first-order valence-corrected chi connectivity index (χ1v) is 9.33. The van der Waals surface area contributed by atoms with Crippen LogP contribution < -0.4 is 10.6 Å². The molecule has 3 amide bonds. The normalized spacial score (nSPS) is 11.0. The SMILES string of the molecule is CC(C)NC(=O)c1csc(CN(C(=O)Nc2ccc(F)cc2F)C(C)C)n1. The molecule has 1 aromatic carbocycles. The predicted molar refractivity (Wildman–Crippen MR) is 101 cm³/mol. The monoisotopic (exact) mass is 396 g/mol. The standard InChI is InChI=1S/C18H22F2N4O2S/c1-10(2)21-17(25)15-9-27-16(22-15)8-24(11(3)4)18(26)23-14-6-5-12(19)7-13(14)20/h5-7,9-11H,8H2,1-4H3,(H,21,25)(H,23,26). The van der Waals surface area contributed by atoms with Crippen LogP contribution in [0.1, 0.15) is 43.2 Å². The number of hydrogen-bond donors (Lipinski definition) is 2. The molecule has 0 saturated carbocycles. The molecule has 0 unspecified atom stereocenters. The number of hydrogen-bond acceptors (Lipinski definition) is 4. The number of aromatic nitrogens is 1. The molecular weight excluding hydrogens is 374 g/mol. The fraction of sp³-hybridized carbons (Fsp3) is 0.389. The van der Waals surface area contributed by atoms with E-state index in [-0.39, 0.29) is 35.9 Å². The van der Waals surface area contributed by atoms with E-state index in [0.29, 0.717) is 11.1 Å². The molecule has 0 atom stereocenters. The van der Waals surface area contributed by atoms with Crippen LogP contribution in [0.25, 0.3) is 0 Å². The van der Waals surface area contributed by atoms with Crippen molar-refractivity contribution in [1.29, 1.82) is 0 Å². The summed E-state index contributed by atoms with van der Waals surface area (Å²) in [6.45, 7) is 7.47. The van der Waals surface area contributed by atoms with Gasteiger partial charge in [-0.2, -0.15) is 0 Å². The van der Waals surface area contributed by atoms with Gasteiger partial charge in [-0.3, -0.25) is 4.79 Å². The zero-order valence-electron chi connectivity index (χ0n) is 15.5. The molecule has 0 aliphatic rings. The molecule has 1 heterocycles. The minimum Gasteiger partial charge on any atom is -0.349 e. The van der Waals surface area contributed by atoms with E-state index < -0.39 is 17.7 Å². The first-order valence-electron chi connectivity index (χ1n) is 8.45. The van der Waals surface area contributed by atoms with Crippen molar-refractivity contribution in [3.8, 4) is 0 Å². The molecule has 0 aliphatic heterocycles. The van der Waals surface area contributed by atoms with E-state index in [0.717, 1.165) is 6.07 Å². The molecule has 2 N–H and O–H groups in total. The van der Waals surface area contributed by atoms with Crippen LogP contribution in [-0.4, -0.2) is 33.9 Å². The molecule has 0 fully saturated rings. The lowest BCUT2D eigenvalue weighted by molar-refractivity contribution is 0.0938. The lowest BCUT2D eigenvalue weighted by Crippen LogP contribution is -2.39. The van der Waals surface area contributed by atoms with Crippen molar-refractivity contribution in [3.05, 3.63) is 45.9 Å². The number of halogens is 2. The van der Waals surface area contributed by atoms with Crippen molar-refractivity contribution < 1.29 is 18.4 Å². The van der Waals surface area contributed by atoms with Crippen LogP contribution in [0.15, 0.2) is 23.6 Å². The minimum absolute atomic E-state index is 0.00815. The number of amides is 3. The lowest BCUT2D eigenvalue weighted by atomic mass is 10.3. The Balaban J connectivity index is 2.10. The molecule has 9 heteroatoms. The van der Waals surface area contributed by atoms with Gasteiger partial charge in [-0.1, -0.05) is 0 Å². The van der Waals surface area contributed by atoms with Gasteiger partial charge in [0.25, 0.3) is 5.91 Å². The van der Waals surface area contributed by atoms with Gasteiger partial charge < -0.3 is 15.5 Å². The van der Waals surface area contributed by atoms with Crippen molar-refractivity contribution in [2.24, 2.45) is 0 Å². The highest BCUT2D eigenvalue weighted by atomic mass is 32.1. The van der Waals surface area contributed by atoms with Crippen molar-refractivity contribution in [3.63, 3.8) is 0 Å². The summed E-state index contributed by atoms with van der Waals surface area (Å²) in [6.07, 6.45) is 0. The molecule has 1 aromatic heterocycles. The second kappa shape index (κ2) is 8.90. The number of thiazole rings is 1. The molecule has 0 aliphatic carbocycles. The lowest BCUT2D eigenvalue weighted by Gasteiger charge is -2.26. The molecule has 2 aromatic rings. The first kappa shape index (κ1) is 20.8. The van der Waals surface area contributed by atoms with Gasteiger partial charge in [-0.05, 0) is 39.8 Å². The maximum atomic E-state index is 13.8. The average Bonchev–Trinajstić information content (AvgIpc) is 3.03. The third-order valence-corrected chi connectivity index (χ3v) is 4.40. The Labute approximate surface area is 160 Å². The third kappa shape index (κ3) is 5.72. The van der Waals surface area contributed by atoms with Crippen LogP contribution in [0.5, 0.6) is 0 Å². The molecule has 0 radical (unpaired) electrons. The highest BCUT2D eigenvalue weighted by molar-refractivity contribution is 7.09. The Morgan fingerprint density at radius 3 is 2.52 bits per heavy atom. The highest BCUT2D eigenvalue weighted by Crippen LogP contribution is 2.18. The van der Waals surface area contributed by atoms with E-state index in [1.807, 2.05) is 13.8 Å². The first-order chi connectivity index (χ1) is 12.7. The Bertz CT molecular complexity index is 823. The number of anilines is 1. The van der Waals surface area contributed by atoms with Gasteiger partial charge in [0.2, 0.25) is 0 Å². The summed E-state index contributed by atoms with van der Waals surface area (Å²) < 4.78 is 26.8. The number of rotatable bonds is 6. The van der Waals surface area contributed by atoms with Gasteiger partial charge in [0.05, 0.1) is 12.2 Å². The maximum Gasteiger partial charge on any atom is 0.322 e. The van der Waals surface area contributed by atoms with Crippen molar-refractivity contribution in [2.45, 2.75) is 46.3 Å². The molecule has 6 nitrogen and oxygen atoms in total. The number of urea groups is 1. The van der Waals surface area contributed by atoms with Gasteiger partial charge in [-0.25, -0.2) is 18.6 Å². The van der Waals surface area contributed by atoms with Crippen molar-refractivity contribution in [1.82, 2.24) is 15.2 Å². The molecule has 27 heavy (non-hydrogen) atoms. The fourth-order valence-electron chi connectivity index (χ4n) is 2.24. The van der Waals surface area contributed by atoms with Gasteiger partial charge in [-0.15, -0.1) is 11.3 Å². The Kier molecular flexibility index (Phi) is 6.84. The van der Waals surface area contributed by atoms with E-state index in [4.69, 9.17) is 0 Å². The van der Waals surface area contributed by atoms with Crippen molar-refractivity contribution in [2.75, 3.05) is 5.32 Å². The molecule has 0 spiro atoms. The number of carbonyl (C=O) groups excluding carboxylic acids is 2. The number of nitrogens with zero attached hydrogens (tertiary/aromatic N) is 2. The van der Waals surface area contributed by atoms with Crippen LogP contribution in [0.3, 0.4) is 0 Å². The summed E-state index contributed by atoms with van der Waals surface area (Å²) in [7, 11) is 0. The molecular formula is C18H22F2N4O2S. The Morgan fingerprint density at radius 2 is 1.93 bits per heavy atom. The maximum absolute atomic E-state index is 13.8. The van der Waals surface area contributed by atoms with E-state index >= 15 is 0 Å². The second-order valence-electron chi connectivity index (χ2n) is 6.53. The zero-order valence-corrected chi connectivity index (χ0v) is 16.4. The summed E-state index contributed by atoms with van der Waals surface area (Å²) in [5, 5.41) is 7.40. The van der Waals surface area contributed by atoms with Gasteiger partial charge >= 0.3 is 6.03 Å². The van der Waals surface area contributed by atoms with Crippen LogP contribution >= 0.6 is 11.3 Å². The molecule has 0 saturated heterocycles. The topological polar surface area (TPSA) is 74.3 Å². The van der Waals surface area contributed by atoms with Crippen molar-refractivity contribution >= 4 is 29.0 Å². The summed E-state index contributed by atoms with van der Waals surface area (Å²) in [5.41, 5.74) is 0.181. The summed E-state index contributed by atoms with van der Waals surface area (Å²) in [4.78, 5) is 30.2. The smallest absolute Gasteiger partial charge is 0.322 e. The Morgan fingerprint density at radius 1 is 1.22 bits per heavy atom. The molecule has 0 bridgehead atoms. The quantitative estimate of drug-likeness (QED) is 0.775. The van der Waals surface area contributed by atoms with E-state index in [1.54, 1.807) is 19.2 Å². The number of benzene rings is 1. The average molecular weight is 396 g/mol. The van der Waals surface area contributed by atoms with E-state index in [2.05, 4.69) is 15.6 Å². The highest BCUT2D eigenvalue weighted by Gasteiger charge is 2.21. The second-order valence-corrected chi connectivity index (χ2v) is 7.47. The van der Waals surface area contributed by atoms with Gasteiger partial charge in [0, 0.05) is 23.5 Å². The minimum atomic E-state index is -0.853. The summed E-state index contributed by atoms with van der Waals surface area (Å²) in [6, 6.07) is 2.18. The van der Waals surface area contributed by atoms with E-state index in [1.165, 1.54) is 22.3 Å². The predicted octanol–water partition coefficient (Wildman–Crippen LogP) is 4.00. The van der Waals surface area contributed by atoms with Crippen LogP contribution in [-0.2, 0) is 6.54 Å². The third-order valence-electron chi connectivity index (χ3n) is 3.57. The number of nitrogens with one attached hydrogen (secondary N) is 2. The zero-order chi connectivity index (χ0) is 20.1. The van der Waals surface area contributed by atoms with Crippen LogP contribution in [0.2, 0.25) is 0 Å².